The number of anilines is 1. The molecule has 0 aliphatic heterocycles. The number of amides is 1. The van der Waals surface area contributed by atoms with E-state index in [-0.39, 0.29) is 17.3 Å². The van der Waals surface area contributed by atoms with Gasteiger partial charge in [0.15, 0.2) is 0 Å². The maximum absolute atomic E-state index is 12.8. The molecule has 1 atom stereocenters. The zero-order chi connectivity index (χ0) is 21.2. The molecular formula is C21H20Cl2N2O3S. The second-order valence-corrected chi connectivity index (χ2v) is 9.36. The Morgan fingerprint density at radius 1 is 1.03 bits per heavy atom. The molecule has 0 aliphatic carbocycles. The van der Waals surface area contributed by atoms with Crippen LogP contribution in [0.3, 0.4) is 0 Å². The molecule has 0 saturated carbocycles. The van der Waals surface area contributed by atoms with Gasteiger partial charge in [-0.1, -0.05) is 65.7 Å². The summed E-state index contributed by atoms with van der Waals surface area (Å²) >= 11 is 12.0. The monoisotopic (exact) mass is 450 g/mol. The maximum atomic E-state index is 12.8. The molecule has 0 fully saturated rings. The molecule has 5 nitrogen and oxygen atoms in total. The van der Waals surface area contributed by atoms with Crippen LogP contribution in [0.15, 0.2) is 60.7 Å². The molecule has 3 rings (SSSR count). The predicted molar refractivity (Wildman–Crippen MR) is 119 cm³/mol. The minimum absolute atomic E-state index is 0.209. The lowest BCUT2D eigenvalue weighted by Crippen LogP contribution is -2.47. The molecule has 0 bridgehead atoms. The van der Waals surface area contributed by atoms with Gasteiger partial charge < -0.3 is 5.32 Å². The standard InChI is InChI=1S/C21H20Cl2N2O3S/c1-14(25(29(2,27)28)17-10-11-19(22)20(23)12-17)21(26)24-13-16-8-5-7-15-6-3-4-9-18(15)16/h3-12,14H,13H2,1-2H3,(H,24,26)/t14-/m1/s1. The van der Waals surface area contributed by atoms with Crippen molar-refractivity contribution in [2.75, 3.05) is 10.6 Å². The number of fused-ring (bicyclic) bond motifs is 1. The Morgan fingerprint density at radius 3 is 2.41 bits per heavy atom. The molecule has 0 aromatic heterocycles. The summed E-state index contributed by atoms with van der Waals surface area (Å²) in [5, 5.41) is 5.45. The third-order valence-electron chi connectivity index (χ3n) is 4.58. The van der Waals surface area contributed by atoms with E-state index in [0.717, 1.165) is 26.9 Å². The summed E-state index contributed by atoms with van der Waals surface area (Å²) in [7, 11) is -3.74. The highest BCUT2D eigenvalue weighted by Crippen LogP contribution is 2.29. The van der Waals surface area contributed by atoms with E-state index >= 15 is 0 Å². The average Bonchev–Trinajstić information content (AvgIpc) is 2.67. The van der Waals surface area contributed by atoms with E-state index in [0.29, 0.717) is 5.02 Å². The number of benzene rings is 3. The Hall–Kier alpha value is -2.28. The number of carbonyl (C=O) groups is 1. The normalized spacial score (nSPS) is 12.6. The van der Waals surface area contributed by atoms with Gasteiger partial charge in [-0.15, -0.1) is 0 Å². The van der Waals surface area contributed by atoms with Gasteiger partial charge in [0.2, 0.25) is 15.9 Å². The van der Waals surface area contributed by atoms with E-state index in [1.807, 2.05) is 42.5 Å². The van der Waals surface area contributed by atoms with Gasteiger partial charge in [-0.25, -0.2) is 8.42 Å². The fourth-order valence-corrected chi connectivity index (χ4v) is 4.67. The van der Waals surface area contributed by atoms with Crippen molar-refractivity contribution in [2.45, 2.75) is 19.5 Å². The quantitative estimate of drug-likeness (QED) is 0.595. The molecule has 1 N–H and O–H groups in total. The van der Waals surface area contributed by atoms with Gasteiger partial charge in [0, 0.05) is 6.54 Å². The van der Waals surface area contributed by atoms with Crippen molar-refractivity contribution < 1.29 is 13.2 Å². The molecule has 0 radical (unpaired) electrons. The topological polar surface area (TPSA) is 66.5 Å². The first-order valence-corrected chi connectivity index (χ1v) is 11.5. The van der Waals surface area contributed by atoms with Crippen LogP contribution in [0, 0.1) is 0 Å². The number of sulfonamides is 1. The molecular weight excluding hydrogens is 431 g/mol. The largest absolute Gasteiger partial charge is 0.350 e. The van der Waals surface area contributed by atoms with Crippen LogP contribution >= 0.6 is 23.2 Å². The van der Waals surface area contributed by atoms with Gasteiger partial charge in [-0.3, -0.25) is 9.10 Å². The molecule has 1 amide bonds. The molecule has 0 aliphatic rings. The van der Waals surface area contributed by atoms with Gasteiger partial charge >= 0.3 is 0 Å². The van der Waals surface area contributed by atoms with Gasteiger partial charge in [-0.05, 0) is 41.5 Å². The van der Waals surface area contributed by atoms with Gasteiger partial charge in [-0.2, -0.15) is 0 Å². The summed E-state index contributed by atoms with van der Waals surface area (Å²) in [6.45, 7) is 1.81. The fourth-order valence-electron chi connectivity index (χ4n) is 3.21. The molecule has 0 heterocycles. The maximum Gasteiger partial charge on any atom is 0.243 e. The molecule has 29 heavy (non-hydrogen) atoms. The van der Waals surface area contributed by atoms with E-state index < -0.39 is 22.0 Å². The first-order chi connectivity index (χ1) is 13.7. The number of hydrogen-bond acceptors (Lipinski definition) is 3. The summed E-state index contributed by atoms with van der Waals surface area (Å²) < 4.78 is 25.8. The Bertz CT molecular complexity index is 1160. The second kappa shape index (κ2) is 8.61. The fraction of sp³-hybridized carbons (Fsp3) is 0.190. The lowest BCUT2D eigenvalue weighted by molar-refractivity contribution is -0.122. The average molecular weight is 451 g/mol. The zero-order valence-electron chi connectivity index (χ0n) is 15.9. The SMILES string of the molecule is C[C@H](C(=O)NCc1cccc2ccccc12)N(c1ccc(Cl)c(Cl)c1)S(C)(=O)=O. The van der Waals surface area contributed by atoms with Crippen molar-refractivity contribution in [3.63, 3.8) is 0 Å². The molecule has 152 valence electrons. The van der Waals surface area contributed by atoms with E-state index in [4.69, 9.17) is 23.2 Å². The van der Waals surface area contributed by atoms with Gasteiger partial charge in [0.25, 0.3) is 0 Å². The van der Waals surface area contributed by atoms with Crippen LogP contribution < -0.4 is 9.62 Å². The highest BCUT2D eigenvalue weighted by Gasteiger charge is 2.29. The van der Waals surface area contributed by atoms with Crippen molar-refractivity contribution in [3.05, 3.63) is 76.3 Å². The summed E-state index contributed by atoms with van der Waals surface area (Å²) in [6.07, 6.45) is 1.05. The van der Waals surface area contributed by atoms with Crippen LogP contribution in [0.25, 0.3) is 10.8 Å². The minimum Gasteiger partial charge on any atom is -0.350 e. The first-order valence-electron chi connectivity index (χ1n) is 8.87. The van der Waals surface area contributed by atoms with Crippen molar-refractivity contribution in [2.24, 2.45) is 0 Å². The number of nitrogens with zero attached hydrogens (tertiary/aromatic N) is 1. The van der Waals surface area contributed by atoms with E-state index in [1.54, 1.807) is 0 Å². The van der Waals surface area contributed by atoms with Crippen molar-refractivity contribution in [3.8, 4) is 0 Å². The molecule has 8 heteroatoms. The van der Waals surface area contributed by atoms with Crippen LogP contribution in [0.4, 0.5) is 5.69 Å². The number of hydrogen-bond donors (Lipinski definition) is 1. The van der Waals surface area contributed by atoms with E-state index in [9.17, 15) is 13.2 Å². The summed E-state index contributed by atoms with van der Waals surface area (Å²) in [5.41, 5.74) is 1.22. The Kier molecular flexibility index (Phi) is 6.36. The third kappa shape index (κ3) is 4.83. The number of carbonyl (C=O) groups excluding carboxylic acids is 1. The lowest BCUT2D eigenvalue weighted by atomic mass is 10.0. The number of nitrogens with one attached hydrogen (secondary N) is 1. The van der Waals surface area contributed by atoms with Crippen LogP contribution in [0.1, 0.15) is 12.5 Å². The number of rotatable bonds is 6. The predicted octanol–water partition coefficient (Wildman–Crippen LogP) is 4.62. The van der Waals surface area contributed by atoms with Crippen LogP contribution in [0.2, 0.25) is 10.0 Å². The van der Waals surface area contributed by atoms with E-state index in [2.05, 4.69) is 5.32 Å². The van der Waals surface area contributed by atoms with Crippen molar-refractivity contribution in [1.82, 2.24) is 5.32 Å². The molecule has 3 aromatic carbocycles. The highest BCUT2D eigenvalue weighted by molar-refractivity contribution is 7.92. The third-order valence-corrected chi connectivity index (χ3v) is 6.56. The summed E-state index contributed by atoms with van der Waals surface area (Å²) in [4.78, 5) is 12.8. The van der Waals surface area contributed by atoms with Crippen LogP contribution in [-0.4, -0.2) is 26.6 Å². The van der Waals surface area contributed by atoms with Gasteiger partial charge in [0.1, 0.15) is 6.04 Å². The molecule has 0 unspecified atom stereocenters. The Labute approximate surface area is 180 Å². The Morgan fingerprint density at radius 2 is 1.72 bits per heavy atom. The van der Waals surface area contributed by atoms with E-state index in [1.165, 1.54) is 25.1 Å². The summed E-state index contributed by atoms with van der Waals surface area (Å²) in [6, 6.07) is 17.2. The van der Waals surface area contributed by atoms with Gasteiger partial charge in [0.05, 0.1) is 22.0 Å². The molecule has 0 spiro atoms. The van der Waals surface area contributed by atoms with Crippen molar-refractivity contribution >= 4 is 55.6 Å². The number of halogens is 2. The Balaban J connectivity index is 1.83. The van der Waals surface area contributed by atoms with Crippen LogP contribution in [0.5, 0.6) is 0 Å². The first kappa shape index (κ1) is 21.4. The lowest BCUT2D eigenvalue weighted by Gasteiger charge is -2.28. The highest BCUT2D eigenvalue weighted by atomic mass is 35.5. The van der Waals surface area contributed by atoms with Crippen LogP contribution in [-0.2, 0) is 21.4 Å². The smallest absolute Gasteiger partial charge is 0.243 e. The second-order valence-electron chi connectivity index (χ2n) is 6.69. The molecule has 3 aromatic rings. The summed E-state index contributed by atoms with van der Waals surface area (Å²) in [5.74, 6) is -0.422. The molecule has 0 saturated heterocycles. The zero-order valence-corrected chi connectivity index (χ0v) is 18.2. The minimum atomic E-state index is -3.74. The van der Waals surface area contributed by atoms with Crippen molar-refractivity contribution in [1.29, 1.82) is 0 Å².